The molecule has 0 spiro atoms. The summed E-state index contributed by atoms with van der Waals surface area (Å²) in [6, 6.07) is 7.06. The van der Waals surface area contributed by atoms with E-state index in [1.165, 1.54) is 0 Å². The van der Waals surface area contributed by atoms with Crippen LogP contribution >= 0.6 is 24.0 Å². The maximum absolute atomic E-state index is 12.3. The first-order chi connectivity index (χ1) is 10.9. The molecule has 134 valence electrons. The highest BCUT2D eigenvalue weighted by Crippen LogP contribution is 2.26. The number of carbonyl (C=O) groups excluding carboxylic acids is 2. The molecule has 3 N–H and O–H groups in total. The Balaban J connectivity index is 0.00000288. The normalized spacial score (nSPS) is 17.6. The largest absolute Gasteiger partial charge is 0.354 e. The Morgan fingerprint density at radius 1 is 1.33 bits per heavy atom. The third-order valence-electron chi connectivity index (χ3n) is 4.66. The maximum Gasteiger partial charge on any atom is 0.227 e. The van der Waals surface area contributed by atoms with Crippen molar-refractivity contribution < 1.29 is 9.59 Å². The van der Waals surface area contributed by atoms with Crippen LogP contribution in [0.15, 0.2) is 24.3 Å². The van der Waals surface area contributed by atoms with Crippen molar-refractivity contribution in [3.63, 3.8) is 0 Å². The summed E-state index contributed by atoms with van der Waals surface area (Å²) in [4.78, 5) is 26.1. The Kier molecular flexibility index (Phi) is 7.52. The zero-order valence-corrected chi connectivity index (χ0v) is 15.6. The van der Waals surface area contributed by atoms with Crippen LogP contribution in [0.3, 0.4) is 0 Å². The second-order valence-electron chi connectivity index (χ2n) is 6.17. The first-order valence-corrected chi connectivity index (χ1v) is 8.39. The highest BCUT2D eigenvalue weighted by molar-refractivity contribution is 6.30. The van der Waals surface area contributed by atoms with Gasteiger partial charge in [0, 0.05) is 35.8 Å². The summed E-state index contributed by atoms with van der Waals surface area (Å²) in [7, 11) is 0. The molecule has 1 atom stereocenters. The van der Waals surface area contributed by atoms with Crippen molar-refractivity contribution in [1.82, 2.24) is 5.32 Å². The van der Waals surface area contributed by atoms with Crippen LogP contribution in [-0.4, -0.2) is 30.4 Å². The predicted octanol–water partition coefficient (Wildman–Crippen LogP) is 2.75. The molecule has 7 heteroatoms. The molecule has 1 aliphatic rings. The van der Waals surface area contributed by atoms with Gasteiger partial charge in [-0.2, -0.15) is 0 Å². The van der Waals surface area contributed by atoms with E-state index in [2.05, 4.69) is 5.32 Å². The Bertz CT molecular complexity index is 574. The number of nitrogens with one attached hydrogen (secondary N) is 1. The van der Waals surface area contributed by atoms with Gasteiger partial charge in [-0.3, -0.25) is 9.59 Å². The highest BCUT2D eigenvalue weighted by Gasteiger charge is 2.35. The van der Waals surface area contributed by atoms with E-state index in [9.17, 15) is 9.59 Å². The lowest BCUT2D eigenvalue weighted by Gasteiger charge is -2.27. The van der Waals surface area contributed by atoms with Crippen LogP contribution in [0, 0.1) is 5.92 Å². The van der Waals surface area contributed by atoms with Crippen LogP contribution in [0.4, 0.5) is 5.69 Å². The molecule has 0 aromatic heterocycles. The Hall–Kier alpha value is -1.30. The van der Waals surface area contributed by atoms with E-state index >= 15 is 0 Å². The molecule has 2 amide bonds. The molecule has 1 unspecified atom stereocenters. The molecule has 24 heavy (non-hydrogen) atoms. The van der Waals surface area contributed by atoms with Gasteiger partial charge in [0.25, 0.3) is 0 Å². The molecule has 0 radical (unpaired) electrons. The molecule has 1 aromatic carbocycles. The van der Waals surface area contributed by atoms with Crippen molar-refractivity contribution in [2.75, 3.05) is 18.0 Å². The minimum atomic E-state index is -0.381. The lowest BCUT2D eigenvalue weighted by Crippen LogP contribution is -2.50. The minimum Gasteiger partial charge on any atom is -0.354 e. The van der Waals surface area contributed by atoms with Gasteiger partial charge >= 0.3 is 0 Å². The molecule has 1 aromatic rings. The van der Waals surface area contributed by atoms with Gasteiger partial charge in [-0.15, -0.1) is 12.4 Å². The minimum absolute atomic E-state index is 0. The van der Waals surface area contributed by atoms with Crippen molar-refractivity contribution in [2.45, 2.75) is 38.6 Å². The fourth-order valence-corrected chi connectivity index (χ4v) is 2.79. The predicted molar refractivity (Wildman–Crippen MR) is 99.7 cm³/mol. The van der Waals surface area contributed by atoms with Crippen LogP contribution in [0.25, 0.3) is 0 Å². The average Bonchev–Trinajstić information content (AvgIpc) is 2.95. The van der Waals surface area contributed by atoms with Crippen LogP contribution < -0.4 is 16.0 Å². The van der Waals surface area contributed by atoms with Crippen molar-refractivity contribution in [2.24, 2.45) is 11.7 Å². The monoisotopic (exact) mass is 373 g/mol. The zero-order chi connectivity index (χ0) is 17.0. The van der Waals surface area contributed by atoms with E-state index in [-0.39, 0.29) is 42.1 Å². The summed E-state index contributed by atoms with van der Waals surface area (Å²) >= 11 is 5.87. The SMILES string of the molecule is CCC(N)(CC)CNC(=O)C1CC(=O)N(c2ccc(Cl)cc2)C1.Cl. The quantitative estimate of drug-likeness (QED) is 0.804. The number of carbonyl (C=O) groups is 2. The second kappa shape index (κ2) is 8.70. The van der Waals surface area contributed by atoms with E-state index in [0.717, 1.165) is 18.5 Å². The summed E-state index contributed by atoms with van der Waals surface area (Å²) in [5.74, 6) is -0.486. The van der Waals surface area contributed by atoms with Gasteiger partial charge in [-0.1, -0.05) is 25.4 Å². The average molecular weight is 374 g/mol. The van der Waals surface area contributed by atoms with Gasteiger partial charge in [0.05, 0.1) is 5.92 Å². The Morgan fingerprint density at radius 3 is 2.46 bits per heavy atom. The molecule has 1 fully saturated rings. The number of benzene rings is 1. The zero-order valence-electron chi connectivity index (χ0n) is 14.0. The number of halogens is 2. The second-order valence-corrected chi connectivity index (χ2v) is 6.61. The lowest BCUT2D eigenvalue weighted by molar-refractivity contribution is -0.126. The van der Waals surface area contributed by atoms with Gasteiger partial charge < -0.3 is 16.0 Å². The highest BCUT2D eigenvalue weighted by atomic mass is 35.5. The lowest BCUT2D eigenvalue weighted by atomic mass is 9.94. The molecule has 1 saturated heterocycles. The third-order valence-corrected chi connectivity index (χ3v) is 4.91. The fourth-order valence-electron chi connectivity index (χ4n) is 2.66. The summed E-state index contributed by atoms with van der Waals surface area (Å²) in [5, 5.41) is 3.52. The van der Waals surface area contributed by atoms with Crippen molar-refractivity contribution in [3.8, 4) is 0 Å². The van der Waals surface area contributed by atoms with Crippen LogP contribution in [0.2, 0.25) is 5.02 Å². The van der Waals surface area contributed by atoms with Gasteiger partial charge in [0.1, 0.15) is 0 Å². The molecule has 5 nitrogen and oxygen atoms in total. The number of nitrogens with zero attached hydrogens (tertiary/aromatic N) is 1. The summed E-state index contributed by atoms with van der Waals surface area (Å²) in [5.41, 5.74) is 6.59. The molecule has 1 heterocycles. The molecule has 0 aliphatic carbocycles. The van der Waals surface area contributed by atoms with Crippen LogP contribution in [-0.2, 0) is 9.59 Å². The van der Waals surface area contributed by atoms with Crippen LogP contribution in [0.1, 0.15) is 33.1 Å². The number of rotatable bonds is 6. The maximum atomic E-state index is 12.3. The fraction of sp³-hybridized carbons (Fsp3) is 0.529. The number of nitrogens with two attached hydrogens (primary N) is 1. The molecule has 0 saturated carbocycles. The topological polar surface area (TPSA) is 75.4 Å². The van der Waals surface area contributed by atoms with Gasteiger partial charge in [-0.25, -0.2) is 0 Å². The summed E-state index contributed by atoms with van der Waals surface area (Å²) < 4.78 is 0. The first kappa shape index (κ1) is 20.7. The molecular formula is C17H25Cl2N3O2. The number of hydrogen-bond acceptors (Lipinski definition) is 3. The number of amides is 2. The molecule has 1 aliphatic heterocycles. The van der Waals surface area contributed by atoms with Gasteiger partial charge in [0.2, 0.25) is 11.8 Å². The van der Waals surface area contributed by atoms with E-state index in [1.807, 2.05) is 13.8 Å². The molecule has 0 bridgehead atoms. The standard InChI is InChI=1S/C17H24ClN3O2.ClH/c1-3-17(19,4-2)11-20-16(23)12-9-15(22)21(10-12)14-7-5-13(18)6-8-14;/h5-8,12H,3-4,9-11,19H2,1-2H3,(H,20,23);1H. The third kappa shape index (κ3) is 4.85. The van der Waals surface area contributed by atoms with Crippen molar-refractivity contribution in [3.05, 3.63) is 29.3 Å². The Morgan fingerprint density at radius 2 is 1.92 bits per heavy atom. The Labute approximate surface area is 154 Å². The smallest absolute Gasteiger partial charge is 0.227 e. The van der Waals surface area contributed by atoms with Gasteiger partial charge in [0.15, 0.2) is 0 Å². The number of hydrogen-bond donors (Lipinski definition) is 2. The van der Waals surface area contributed by atoms with Crippen molar-refractivity contribution >= 4 is 41.5 Å². The van der Waals surface area contributed by atoms with Crippen molar-refractivity contribution in [1.29, 1.82) is 0 Å². The van der Waals surface area contributed by atoms with Gasteiger partial charge in [-0.05, 0) is 37.1 Å². The van der Waals surface area contributed by atoms with E-state index in [0.29, 0.717) is 18.1 Å². The number of anilines is 1. The molecular weight excluding hydrogens is 349 g/mol. The van der Waals surface area contributed by atoms with E-state index < -0.39 is 0 Å². The van der Waals surface area contributed by atoms with Crippen LogP contribution in [0.5, 0.6) is 0 Å². The summed E-state index contributed by atoms with van der Waals surface area (Å²) in [6.45, 7) is 4.85. The van der Waals surface area contributed by atoms with E-state index in [1.54, 1.807) is 29.2 Å². The summed E-state index contributed by atoms with van der Waals surface area (Å²) in [6.07, 6.45) is 1.82. The van der Waals surface area contributed by atoms with E-state index in [4.69, 9.17) is 17.3 Å². The molecule has 2 rings (SSSR count). The first-order valence-electron chi connectivity index (χ1n) is 8.01.